The van der Waals surface area contributed by atoms with E-state index in [0.717, 1.165) is 5.56 Å². The minimum Gasteiger partial charge on any atom is -0.339 e. The van der Waals surface area contributed by atoms with Crippen LogP contribution in [0.25, 0.3) is 0 Å². The minimum atomic E-state index is -0.239. The number of benzene rings is 1. The van der Waals surface area contributed by atoms with Crippen molar-refractivity contribution in [1.82, 2.24) is 10.1 Å². The van der Waals surface area contributed by atoms with Crippen molar-refractivity contribution in [2.24, 2.45) is 0 Å². The number of rotatable bonds is 3. The summed E-state index contributed by atoms with van der Waals surface area (Å²) in [5, 5.41) is 4.24. The van der Waals surface area contributed by atoms with Crippen molar-refractivity contribution in [3.63, 3.8) is 0 Å². The highest BCUT2D eigenvalue weighted by molar-refractivity contribution is 6.30. The zero-order valence-electron chi connectivity index (χ0n) is 8.65. The summed E-state index contributed by atoms with van der Waals surface area (Å²) in [4.78, 5) is 4.18. The highest BCUT2D eigenvalue weighted by Gasteiger charge is 2.11. The number of nitrogens with zero attached hydrogens (tertiary/aromatic N) is 2. The Hall–Kier alpha value is -1.06. The second-order valence-electron chi connectivity index (χ2n) is 3.47. The van der Waals surface area contributed by atoms with E-state index in [1.165, 1.54) is 0 Å². The first-order chi connectivity index (χ1) is 7.65. The molecule has 5 heteroatoms. The Morgan fingerprint density at radius 3 is 2.88 bits per heavy atom. The van der Waals surface area contributed by atoms with Crippen molar-refractivity contribution in [3.05, 3.63) is 46.6 Å². The number of hydrogen-bond donors (Lipinski definition) is 0. The molecule has 0 amide bonds. The summed E-state index contributed by atoms with van der Waals surface area (Å²) in [5.74, 6) is 1.06. The van der Waals surface area contributed by atoms with Gasteiger partial charge in [0.25, 0.3) is 0 Å². The van der Waals surface area contributed by atoms with Gasteiger partial charge in [-0.3, -0.25) is 0 Å². The number of aromatic nitrogens is 2. The van der Waals surface area contributed by atoms with Gasteiger partial charge in [0.15, 0.2) is 5.82 Å². The van der Waals surface area contributed by atoms with Crippen LogP contribution in [0.1, 0.15) is 29.6 Å². The fraction of sp³-hybridized carbons (Fsp3) is 0.273. The number of halogens is 2. The quantitative estimate of drug-likeness (QED) is 0.788. The maximum absolute atomic E-state index is 5.88. The molecule has 0 fully saturated rings. The van der Waals surface area contributed by atoms with E-state index < -0.39 is 0 Å². The summed E-state index contributed by atoms with van der Waals surface area (Å²) < 4.78 is 5.08. The lowest BCUT2D eigenvalue weighted by Crippen LogP contribution is -1.90. The van der Waals surface area contributed by atoms with E-state index in [0.29, 0.717) is 23.2 Å². The minimum absolute atomic E-state index is 0.239. The van der Waals surface area contributed by atoms with E-state index >= 15 is 0 Å². The van der Waals surface area contributed by atoms with Gasteiger partial charge in [0.1, 0.15) is 0 Å². The van der Waals surface area contributed by atoms with Gasteiger partial charge in [-0.1, -0.05) is 28.9 Å². The molecule has 84 valence electrons. The molecule has 0 bridgehead atoms. The molecule has 0 saturated heterocycles. The van der Waals surface area contributed by atoms with Crippen LogP contribution in [-0.4, -0.2) is 10.1 Å². The lowest BCUT2D eigenvalue weighted by Gasteiger charge is -1.96. The molecule has 3 nitrogen and oxygen atoms in total. The molecular formula is C11H10Cl2N2O. The van der Waals surface area contributed by atoms with Gasteiger partial charge in [0.2, 0.25) is 5.89 Å². The first-order valence-electron chi connectivity index (χ1n) is 4.86. The molecular weight excluding hydrogens is 247 g/mol. The van der Waals surface area contributed by atoms with Crippen molar-refractivity contribution in [2.75, 3.05) is 0 Å². The summed E-state index contributed by atoms with van der Waals surface area (Å²) in [6, 6.07) is 7.54. The molecule has 16 heavy (non-hydrogen) atoms. The largest absolute Gasteiger partial charge is 0.339 e. The fourth-order valence-corrected chi connectivity index (χ4v) is 1.62. The van der Waals surface area contributed by atoms with Gasteiger partial charge < -0.3 is 4.52 Å². The van der Waals surface area contributed by atoms with Crippen molar-refractivity contribution < 1.29 is 4.52 Å². The highest BCUT2D eigenvalue weighted by Crippen LogP contribution is 2.18. The molecule has 0 radical (unpaired) electrons. The van der Waals surface area contributed by atoms with Crippen LogP contribution in [0.2, 0.25) is 5.02 Å². The second-order valence-corrected chi connectivity index (χ2v) is 4.56. The molecule has 0 spiro atoms. The van der Waals surface area contributed by atoms with Gasteiger partial charge in [0.05, 0.1) is 11.8 Å². The molecule has 1 aromatic heterocycles. The van der Waals surface area contributed by atoms with Crippen molar-refractivity contribution in [2.45, 2.75) is 18.7 Å². The first-order valence-corrected chi connectivity index (χ1v) is 5.67. The van der Waals surface area contributed by atoms with Crippen LogP contribution in [0.3, 0.4) is 0 Å². The first kappa shape index (κ1) is 11.4. The van der Waals surface area contributed by atoms with Gasteiger partial charge >= 0.3 is 0 Å². The Kier molecular flexibility index (Phi) is 3.46. The summed E-state index contributed by atoms with van der Waals surface area (Å²) in [5.41, 5.74) is 1.03. The van der Waals surface area contributed by atoms with E-state index in [9.17, 15) is 0 Å². The zero-order valence-corrected chi connectivity index (χ0v) is 10.2. The topological polar surface area (TPSA) is 38.9 Å². The van der Waals surface area contributed by atoms with Crippen molar-refractivity contribution >= 4 is 23.2 Å². The summed E-state index contributed by atoms with van der Waals surface area (Å²) in [7, 11) is 0. The van der Waals surface area contributed by atoms with Gasteiger partial charge in [0, 0.05) is 5.02 Å². The maximum Gasteiger partial charge on any atom is 0.231 e. The maximum atomic E-state index is 5.88. The van der Waals surface area contributed by atoms with Crippen molar-refractivity contribution in [3.8, 4) is 0 Å². The standard InChI is InChI=1S/C11H10Cl2N2O/c1-7(12)11-14-10(16-15-11)6-8-3-2-4-9(13)5-8/h2-5,7H,6H2,1H3. The monoisotopic (exact) mass is 256 g/mol. The van der Waals surface area contributed by atoms with Crippen LogP contribution in [-0.2, 0) is 6.42 Å². The third-order valence-electron chi connectivity index (χ3n) is 2.08. The lowest BCUT2D eigenvalue weighted by molar-refractivity contribution is 0.379. The molecule has 2 aromatic rings. The van der Waals surface area contributed by atoms with E-state index in [-0.39, 0.29) is 5.38 Å². The molecule has 0 N–H and O–H groups in total. The number of hydrogen-bond acceptors (Lipinski definition) is 3. The Morgan fingerprint density at radius 2 is 2.25 bits per heavy atom. The van der Waals surface area contributed by atoms with Crippen LogP contribution in [0.15, 0.2) is 28.8 Å². The molecule has 0 aliphatic carbocycles. The van der Waals surface area contributed by atoms with Crippen molar-refractivity contribution in [1.29, 1.82) is 0 Å². The fourth-order valence-electron chi connectivity index (χ4n) is 1.32. The van der Waals surface area contributed by atoms with Crippen LogP contribution >= 0.6 is 23.2 Å². The molecule has 2 rings (SSSR count). The van der Waals surface area contributed by atoms with E-state index in [1.54, 1.807) is 6.92 Å². The summed E-state index contributed by atoms with van der Waals surface area (Å²) in [6.45, 7) is 1.80. The average Bonchev–Trinajstić information content (AvgIpc) is 2.66. The third-order valence-corrected chi connectivity index (χ3v) is 2.51. The SMILES string of the molecule is CC(Cl)c1noc(Cc2cccc(Cl)c2)n1. The normalized spacial score (nSPS) is 12.7. The second kappa shape index (κ2) is 4.85. The molecule has 1 unspecified atom stereocenters. The Bertz CT molecular complexity index is 482. The highest BCUT2D eigenvalue weighted by atomic mass is 35.5. The van der Waals surface area contributed by atoms with Crippen LogP contribution in [0.5, 0.6) is 0 Å². The Labute approximate surface area is 103 Å². The number of alkyl halides is 1. The smallest absolute Gasteiger partial charge is 0.231 e. The van der Waals surface area contributed by atoms with Gasteiger partial charge in [-0.25, -0.2) is 0 Å². The third kappa shape index (κ3) is 2.74. The lowest BCUT2D eigenvalue weighted by atomic mass is 10.1. The van der Waals surface area contributed by atoms with Gasteiger partial charge in [-0.2, -0.15) is 4.98 Å². The molecule has 0 saturated carbocycles. The van der Waals surface area contributed by atoms with Gasteiger partial charge in [-0.15, -0.1) is 11.6 Å². The Balaban J connectivity index is 2.14. The molecule has 1 heterocycles. The van der Waals surface area contributed by atoms with Crippen LogP contribution in [0.4, 0.5) is 0 Å². The Morgan fingerprint density at radius 1 is 1.44 bits per heavy atom. The predicted molar refractivity (Wildman–Crippen MR) is 62.8 cm³/mol. The van der Waals surface area contributed by atoms with Crippen LogP contribution in [0, 0.1) is 0 Å². The van der Waals surface area contributed by atoms with Crippen LogP contribution < -0.4 is 0 Å². The summed E-state index contributed by atoms with van der Waals surface area (Å²) >= 11 is 11.7. The molecule has 1 aromatic carbocycles. The molecule has 0 aliphatic heterocycles. The van der Waals surface area contributed by atoms with E-state index in [1.807, 2.05) is 24.3 Å². The van der Waals surface area contributed by atoms with E-state index in [2.05, 4.69) is 10.1 Å². The molecule has 0 aliphatic rings. The van der Waals surface area contributed by atoms with Gasteiger partial charge in [-0.05, 0) is 24.6 Å². The molecule has 1 atom stereocenters. The van der Waals surface area contributed by atoms with E-state index in [4.69, 9.17) is 27.7 Å². The summed E-state index contributed by atoms with van der Waals surface area (Å²) in [6.07, 6.45) is 0.567. The zero-order chi connectivity index (χ0) is 11.5. The predicted octanol–water partition coefficient (Wildman–Crippen LogP) is 3.61. The average molecular weight is 257 g/mol.